The van der Waals surface area contributed by atoms with Gasteiger partial charge < -0.3 is 16.0 Å². The highest BCUT2D eigenvalue weighted by Gasteiger charge is 2.22. The van der Waals surface area contributed by atoms with Gasteiger partial charge >= 0.3 is 0 Å². The molecule has 6 rings (SSSR count). The topological polar surface area (TPSA) is 100 Å². The molecular weight excluding hydrogens is 613 g/mol. The molecule has 1 aliphatic rings. The van der Waals surface area contributed by atoms with Crippen molar-refractivity contribution in [3.63, 3.8) is 0 Å². The predicted octanol–water partition coefficient (Wildman–Crippen LogP) is 7.85. The zero-order valence-electron chi connectivity index (χ0n) is 22.7. The molecule has 1 aliphatic heterocycles. The van der Waals surface area contributed by atoms with E-state index in [9.17, 15) is 27.6 Å². The van der Waals surface area contributed by atoms with Crippen molar-refractivity contribution in [3.05, 3.63) is 129 Å². The first-order valence-electron chi connectivity index (χ1n) is 13.1. The fraction of sp³-hybridized carbons (Fsp3) is 0.0625. The van der Waals surface area contributed by atoms with Gasteiger partial charge in [-0.1, -0.05) is 17.7 Å². The fourth-order valence-electron chi connectivity index (χ4n) is 4.34. The zero-order valence-corrected chi connectivity index (χ0v) is 24.2. The highest BCUT2D eigenvalue weighted by Crippen LogP contribution is 2.40. The number of carbonyl (C=O) groups is 3. The second-order valence-corrected chi connectivity index (χ2v) is 10.8. The predicted molar refractivity (Wildman–Crippen MR) is 165 cm³/mol. The lowest BCUT2D eigenvalue weighted by atomic mass is 10.1. The first-order valence-corrected chi connectivity index (χ1v) is 14.3. The maximum Gasteiger partial charge on any atom is 0.265 e. The highest BCUT2D eigenvalue weighted by atomic mass is 35.5. The van der Waals surface area contributed by atoms with Crippen LogP contribution in [-0.2, 0) is 6.42 Å². The van der Waals surface area contributed by atoms with Crippen LogP contribution in [0.5, 0.6) is 0 Å². The average Bonchev–Trinajstić information content (AvgIpc) is 3.36. The molecule has 3 N–H and O–H groups in total. The number of anilines is 3. The summed E-state index contributed by atoms with van der Waals surface area (Å²) in [7, 11) is 0. The number of halogens is 4. The van der Waals surface area contributed by atoms with Crippen LogP contribution in [0.4, 0.5) is 30.2 Å². The highest BCUT2D eigenvalue weighted by molar-refractivity contribution is 7.17. The molecule has 0 spiro atoms. The molecule has 0 saturated heterocycles. The smallest absolute Gasteiger partial charge is 0.265 e. The van der Waals surface area contributed by atoms with E-state index < -0.39 is 23.2 Å². The minimum Gasteiger partial charge on any atom is -0.384 e. The van der Waals surface area contributed by atoms with E-state index in [0.29, 0.717) is 40.3 Å². The Balaban J connectivity index is 0.000000187. The van der Waals surface area contributed by atoms with Gasteiger partial charge in [0, 0.05) is 40.1 Å². The molecule has 3 aromatic carbocycles. The van der Waals surface area contributed by atoms with Gasteiger partial charge in [0.05, 0.1) is 10.4 Å². The summed E-state index contributed by atoms with van der Waals surface area (Å²) in [5.74, 6) is -2.93. The molecule has 12 heteroatoms. The normalized spacial score (nSPS) is 11.5. The Morgan fingerprint density at radius 2 is 1.66 bits per heavy atom. The lowest BCUT2D eigenvalue weighted by molar-refractivity contribution is 0.102. The van der Waals surface area contributed by atoms with Crippen molar-refractivity contribution in [2.45, 2.75) is 6.42 Å². The van der Waals surface area contributed by atoms with Crippen LogP contribution in [0.25, 0.3) is 10.4 Å². The lowest BCUT2D eigenvalue weighted by Crippen LogP contribution is -2.13. The quantitative estimate of drug-likeness (QED) is 0.135. The van der Waals surface area contributed by atoms with Gasteiger partial charge in [0.2, 0.25) is 0 Å². The van der Waals surface area contributed by atoms with E-state index in [4.69, 9.17) is 11.6 Å². The number of amides is 2. The number of benzene rings is 3. The van der Waals surface area contributed by atoms with E-state index in [1.165, 1.54) is 35.7 Å². The number of pyridine rings is 1. The molecule has 222 valence electrons. The third-order valence-electron chi connectivity index (χ3n) is 6.48. The molecule has 0 unspecified atom stereocenters. The SMILES string of the molecule is O=C(Nc1c(F)cccc1F)c1cc2c(s1)-c1ccc(F)cc1NCC2.O=Cc1ccc(NC(=O)c2cccnc2Cl)cc1. The number of para-hydroxylation sites is 1. The first-order chi connectivity index (χ1) is 21.2. The summed E-state index contributed by atoms with van der Waals surface area (Å²) in [4.78, 5) is 39.9. The van der Waals surface area contributed by atoms with Crippen molar-refractivity contribution < 1.29 is 27.6 Å². The second kappa shape index (κ2) is 13.5. The number of aromatic nitrogens is 1. The Hall–Kier alpha value is -5.00. The van der Waals surface area contributed by atoms with Crippen molar-refractivity contribution in [3.8, 4) is 10.4 Å². The molecule has 0 radical (unpaired) electrons. The van der Waals surface area contributed by atoms with Crippen LogP contribution >= 0.6 is 22.9 Å². The Morgan fingerprint density at radius 1 is 0.909 bits per heavy atom. The van der Waals surface area contributed by atoms with Crippen molar-refractivity contribution in [2.75, 3.05) is 22.5 Å². The number of hydrogen-bond donors (Lipinski definition) is 3. The Morgan fingerprint density at radius 3 is 2.36 bits per heavy atom. The van der Waals surface area contributed by atoms with Gasteiger partial charge in [-0.25, -0.2) is 18.2 Å². The molecule has 0 saturated carbocycles. The number of aldehydes is 1. The maximum absolute atomic E-state index is 13.7. The van der Waals surface area contributed by atoms with Crippen molar-refractivity contribution >= 4 is 58.1 Å². The number of fused-ring (bicyclic) bond motifs is 3. The Labute approximate surface area is 258 Å². The zero-order chi connectivity index (χ0) is 31.2. The van der Waals surface area contributed by atoms with E-state index in [0.717, 1.165) is 34.4 Å². The summed E-state index contributed by atoms with van der Waals surface area (Å²) in [5, 5.41) is 8.29. The van der Waals surface area contributed by atoms with Crippen molar-refractivity contribution in [1.29, 1.82) is 0 Å². The van der Waals surface area contributed by atoms with E-state index in [2.05, 4.69) is 20.9 Å². The second-order valence-electron chi connectivity index (χ2n) is 9.42. The Bertz CT molecular complexity index is 1840. The Kier molecular flexibility index (Phi) is 9.37. The summed E-state index contributed by atoms with van der Waals surface area (Å²) < 4.78 is 41.0. The van der Waals surface area contributed by atoms with Crippen LogP contribution in [0.15, 0.2) is 85.1 Å². The van der Waals surface area contributed by atoms with Gasteiger partial charge in [-0.15, -0.1) is 11.3 Å². The average molecular weight is 635 g/mol. The fourth-order valence-corrected chi connectivity index (χ4v) is 5.69. The molecule has 44 heavy (non-hydrogen) atoms. The molecule has 7 nitrogen and oxygen atoms in total. The molecule has 3 heterocycles. The lowest BCUT2D eigenvalue weighted by Gasteiger charge is -2.08. The summed E-state index contributed by atoms with van der Waals surface area (Å²) >= 11 is 7.03. The molecule has 0 fully saturated rings. The van der Waals surface area contributed by atoms with Crippen LogP contribution in [-0.4, -0.2) is 29.6 Å². The number of nitrogens with one attached hydrogen (secondary N) is 3. The number of hydrogen-bond acceptors (Lipinski definition) is 6. The van der Waals surface area contributed by atoms with Gasteiger partial charge in [-0.05, 0) is 84.8 Å². The monoisotopic (exact) mass is 634 g/mol. The van der Waals surface area contributed by atoms with Crippen LogP contribution in [0, 0.1) is 17.5 Å². The van der Waals surface area contributed by atoms with E-state index in [1.54, 1.807) is 48.5 Å². The molecule has 0 bridgehead atoms. The molecule has 2 amide bonds. The minimum absolute atomic E-state index is 0.152. The van der Waals surface area contributed by atoms with E-state index in [-0.39, 0.29) is 16.9 Å². The minimum atomic E-state index is -0.832. The third-order valence-corrected chi connectivity index (χ3v) is 7.99. The number of thiophene rings is 1. The first kappa shape index (κ1) is 30.5. The molecule has 5 aromatic rings. The van der Waals surface area contributed by atoms with E-state index in [1.807, 2.05) is 0 Å². The number of nitrogens with zero attached hydrogens (tertiary/aromatic N) is 1. The van der Waals surface area contributed by atoms with E-state index >= 15 is 0 Å². The van der Waals surface area contributed by atoms with Crippen molar-refractivity contribution in [2.24, 2.45) is 0 Å². The maximum atomic E-state index is 13.7. The summed E-state index contributed by atoms with van der Waals surface area (Å²) in [5.41, 5.74) is 3.38. The molecule has 0 atom stereocenters. The van der Waals surface area contributed by atoms with Crippen molar-refractivity contribution in [1.82, 2.24) is 4.98 Å². The van der Waals surface area contributed by atoms with Crippen LogP contribution in [0.1, 0.15) is 36.0 Å². The van der Waals surface area contributed by atoms with Gasteiger partial charge in [0.25, 0.3) is 11.8 Å². The summed E-state index contributed by atoms with van der Waals surface area (Å²) in [6.07, 6.45) is 2.91. The third kappa shape index (κ3) is 6.96. The van der Waals surface area contributed by atoms with Gasteiger partial charge in [0.15, 0.2) is 0 Å². The van der Waals surface area contributed by atoms with Gasteiger partial charge in [-0.2, -0.15) is 0 Å². The molecular formula is C32H22ClF3N4O3S. The largest absolute Gasteiger partial charge is 0.384 e. The van der Waals surface area contributed by atoms with Gasteiger partial charge in [0.1, 0.15) is 34.6 Å². The standard InChI is InChI=1S/C19H13F3N2OS.C13H9ClN2O2/c20-11-4-5-12-15(9-11)23-7-6-10-8-16(26-18(10)12)19(25)24-17-13(21)2-1-3-14(17)22;14-12-11(2-1-7-15-12)13(18)16-10-5-3-9(8-17)4-6-10/h1-5,8-9,23H,6-7H2,(H,24,25);1-8H,(H,16,18). The van der Waals surface area contributed by atoms with Crippen LogP contribution in [0.3, 0.4) is 0 Å². The summed E-state index contributed by atoms with van der Waals surface area (Å²) in [6, 6.07) is 19.3. The molecule has 2 aromatic heterocycles. The summed E-state index contributed by atoms with van der Waals surface area (Å²) in [6.45, 7) is 0.600. The number of rotatable bonds is 5. The van der Waals surface area contributed by atoms with Crippen LogP contribution in [0.2, 0.25) is 5.15 Å². The van der Waals surface area contributed by atoms with Crippen LogP contribution < -0.4 is 16.0 Å². The van der Waals surface area contributed by atoms with Gasteiger partial charge in [-0.3, -0.25) is 14.4 Å². The molecule has 0 aliphatic carbocycles. The number of carbonyl (C=O) groups excluding carboxylic acids is 3.